The van der Waals surface area contributed by atoms with Gasteiger partial charge in [-0.1, -0.05) is 6.92 Å². The fourth-order valence-corrected chi connectivity index (χ4v) is 2.57. The van der Waals surface area contributed by atoms with Crippen LogP contribution in [0.5, 0.6) is 5.88 Å². The van der Waals surface area contributed by atoms with E-state index in [2.05, 4.69) is 20.6 Å². The summed E-state index contributed by atoms with van der Waals surface area (Å²) in [6, 6.07) is 3.18. The lowest BCUT2D eigenvalue weighted by Gasteiger charge is -2.12. The van der Waals surface area contributed by atoms with Crippen molar-refractivity contribution in [3.63, 3.8) is 0 Å². The number of methoxy groups -OCH3 is 1. The van der Waals surface area contributed by atoms with Crippen LogP contribution < -0.4 is 15.4 Å². The normalized spacial score (nSPS) is 11.8. The number of thiazole rings is 1. The van der Waals surface area contributed by atoms with E-state index in [1.807, 2.05) is 20.0 Å². The van der Waals surface area contributed by atoms with Crippen LogP contribution in [0.4, 0.5) is 10.5 Å². The van der Waals surface area contributed by atoms with E-state index in [-0.39, 0.29) is 11.9 Å². The highest BCUT2D eigenvalue weighted by atomic mass is 32.1. The van der Waals surface area contributed by atoms with Crippen molar-refractivity contribution >= 4 is 23.1 Å². The number of ether oxygens (including phenoxy) is 1. The summed E-state index contributed by atoms with van der Waals surface area (Å²) in [5, 5.41) is 6.56. The van der Waals surface area contributed by atoms with Gasteiger partial charge in [-0.25, -0.2) is 14.8 Å². The molecular weight excluding hydrogens is 288 g/mol. The van der Waals surface area contributed by atoms with Gasteiger partial charge in [-0.05, 0) is 19.1 Å². The predicted molar refractivity (Wildman–Crippen MR) is 83.1 cm³/mol. The van der Waals surface area contributed by atoms with Crippen LogP contribution >= 0.6 is 11.3 Å². The molecule has 6 nitrogen and oxygen atoms in total. The van der Waals surface area contributed by atoms with Crippen molar-refractivity contribution in [3.8, 4) is 5.88 Å². The van der Waals surface area contributed by atoms with Gasteiger partial charge in [0.05, 0.1) is 12.1 Å². The van der Waals surface area contributed by atoms with Crippen molar-refractivity contribution in [2.24, 2.45) is 0 Å². The maximum absolute atomic E-state index is 11.9. The van der Waals surface area contributed by atoms with Gasteiger partial charge < -0.3 is 15.4 Å². The topological polar surface area (TPSA) is 76.1 Å². The van der Waals surface area contributed by atoms with Gasteiger partial charge in [0.1, 0.15) is 5.69 Å². The lowest BCUT2D eigenvalue weighted by Crippen LogP contribution is -2.31. The first-order valence-electron chi connectivity index (χ1n) is 6.56. The zero-order valence-corrected chi connectivity index (χ0v) is 13.0. The summed E-state index contributed by atoms with van der Waals surface area (Å²) in [4.78, 5) is 21.4. The Morgan fingerprint density at radius 3 is 2.95 bits per heavy atom. The summed E-state index contributed by atoms with van der Waals surface area (Å²) in [5.41, 5.74) is 0.537. The molecule has 0 bridgehead atoms. The number of nitrogens with one attached hydrogen (secondary N) is 2. The number of aryl methyl sites for hydroxylation is 1. The van der Waals surface area contributed by atoms with Gasteiger partial charge in [0.25, 0.3) is 0 Å². The van der Waals surface area contributed by atoms with Crippen molar-refractivity contribution in [1.82, 2.24) is 15.3 Å². The van der Waals surface area contributed by atoms with E-state index in [1.54, 1.807) is 29.7 Å². The van der Waals surface area contributed by atoms with E-state index in [9.17, 15) is 4.79 Å². The van der Waals surface area contributed by atoms with E-state index in [1.165, 1.54) is 12.0 Å². The Balaban J connectivity index is 1.87. The number of urea groups is 1. The highest BCUT2D eigenvalue weighted by molar-refractivity contribution is 7.11. The minimum Gasteiger partial charge on any atom is -0.480 e. The molecule has 2 heterocycles. The number of pyridine rings is 1. The molecule has 2 amide bonds. The standard InChI is InChI=1S/C14H18N4O2S/c1-9(13-16-8-10(2)21-13)7-17-14(19)18-11-5-4-6-15-12(11)20-3/h4-6,8-9H,7H2,1-3H3,(H2,17,18,19)/t9-/m0/s1. The molecule has 0 aliphatic rings. The zero-order valence-electron chi connectivity index (χ0n) is 12.2. The van der Waals surface area contributed by atoms with Crippen LogP contribution in [0.1, 0.15) is 22.7 Å². The maximum atomic E-state index is 11.9. The van der Waals surface area contributed by atoms with Gasteiger partial charge in [0.2, 0.25) is 5.88 Å². The summed E-state index contributed by atoms with van der Waals surface area (Å²) in [7, 11) is 1.51. The molecule has 0 aromatic carbocycles. The minimum atomic E-state index is -0.290. The molecule has 2 rings (SSSR count). The summed E-state index contributed by atoms with van der Waals surface area (Å²) >= 11 is 1.64. The van der Waals surface area contributed by atoms with E-state index in [0.717, 1.165) is 5.01 Å². The quantitative estimate of drug-likeness (QED) is 0.890. The summed E-state index contributed by atoms with van der Waals surface area (Å²) in [6.45, 7) is 4.56. The number of aromatic nitrogens is 2. The van der Waals surface area contributed by atoms with Gasteiger partial charge in [0.15, 0.2) is 0 Å². The molecular formula is C14H18N4O2S. The number of carbonyl (C=O) groups excluding carboxylic acids is 1. The number of anilines is 1. The summed E-state index contributed by atoms with van der Waals surface area (Å²) < 4.78 is 5.08. The van der Waals surface area contributed by atoms with Gasteiger partial charge >= 0.3 is 6.03 Å². The SMILES string of the molecule is COc1ncccc1NC(=O)NC[C@H](C)c1ncc(C)s1. The highest BCUT2D eigenvalue weighted by Gasteiger charge is 2.12. The first-order valence-corrected chi connectivity index (χ1v) is 7.38. The molecule has 0 radical (unpaired) electrons. The Bertz CT molecular complexity index is 615. The average molecular weight is 306 g/mol. The average Bonchev–Trinajstić information content (AvgIpc) is 2.92. The van der Waals surface area contributed by atoms with E-state index >= 15 is 0 Å². The third kappa shape index (κ3) is 4.16. The third-order valence-electron chi connectivity index (χ3n) is 2.84. The summed E-state index contributed by atoms with van der Waals surface area (Å²) in [6.07, 6.45) is 3.45. The largest absolute Gasteiger partial charge is 0.480 e. The molecule has 0 fully saturated rings. The Labute approximate surface area is 127 Å². The van der Waals surface area contributed by atoms with Crippen LogP contribution in [0.3, 0.4) is 0 Å². The van der Waals surface area contributed by atoms with Gasteiger partial charge in [0, 0.05) is 29.7 Å². The molecule has 0 aliphatic carbocycles. The van der Waals surface area contributed by atoms with Gasteiger partial charge in [-0.2, -0.15) is 0 Å². The van der Waals surface area contributed by atoms with E-state index < -0.39 is 0 Å². The maximum Gasteiger partial charge on any atom is 0.319 e. The highest BCUT2D eigenvalue weighted by Crippen LogP contribution is 2.21. The number of rotatable bonds is 5. The molecule has 2 aromatic heterocycles. The first kappa shape index (κ1) is 15.2. The smallest absolute Gasteiger partial charge is 0.319 e. The molecule has 1 atom stereocenters. The Hall–Kier alpha value is -2.15. The van der Waals surface area contributed by atoms with E-state index in [4.69, 9.17) is 4.74 Å². The van der Waals surface area contributed by atoms with Crippen molar-refractivity contribution in [2.45, 2.75) is 19.8 Å². The fraction of sp³-hybridized carbons (Fsp3) is 0.357. The lowest BCUT2D eigenvalue weighted by atomic mass is 10.2. The molecule has 21 heavy (non-hydrogen) atoms. The number of hydrogen-bond acceptors (Lipinski definition) is 5. The molecule has 0 unspecified atom stereocenters. The van der Waals surface area contributed by atoms with E-state index in [0.29, 0.717) is 18.1 Å². The monoisotopic (exact) mass is 306 g/mol. The third-order valence-corrected chi connectivity index (χ3v) is 3.99. The molecule has 0 spiro atoms. The number of hydrogen-bond donors (Lipinski definition) is 2. The van der Waals surface area contributed by atoms with Crippen LogP contribution in [-0.4, -0.2) is 29.7 Å². The van der Waals surface area contributed by atoms with Crippen molar-refractivity contribution in [1.29, 1.82) is 0 Å². The molecule has 2 aromatic rings. The number of carbonyl (C=O) groups is 1. The molecule has 7 heteroatoms. The molecule has 112 valence electrons. The Morgan fingerprint density at radius 2 is 2.29 bits per heavy atom. The second kappa shape index (κ2) is 7.03. The number of amides is 2. The fourth-order valence-electron chi connectivity index (χ4n) is 1.75. The second-order valence-electron chi connectivity index (χ2n) is 4.61. The van der Waals surface area contributed by atoms with Crippen LogP contribution in [0.2, 0.25) is 0 Å². The molecule has 2 N–H and O–H groups in total. The van der Waals surface area contributed by atoms with Crippen LogP contribution in [-0.2, 0) is 0 Å². The molecule has 0 saturated heterocycles. The zero-order chi connectivity index (χ0) is 15.2. The first-order chi connectivity index (χ1) is 10.1. The van der Waals surface area contributed by atoms with Crippen LogP contribution in [0, 0.1) is 6.92 Å². The minimum absolute atomic E-state index is 0.172. The van der Waals surface area contributed by atoms with Crippen LogP contribution in [0.25, 0.3) is 0 Å². The van der Waals surface area contributed by atoms with Gasteiger partial charge in [-0.15, -0.1) is 11.3 Å². The molecule has 0 aliphatic heterocycles. The Kier molecular flexibility index (Phi) is 5.10. The van der Waals surface area contributed by atoms with Crippen molar-refractivity contribution in [2.75, 3.05) is 19.0 Å². The summed E-state index contributed by atoms with van der Waals surface area (Å²) in [5.74, 6) is 0.557. The Morgan fingerprint density at radius 1 is 1.48 bits per heavy atom. The molecule has 0 saturated carbocycles. The second-order valence-corrected chi connectivity index (χ2v) is 5.87. The van der Waals surface area contributed by atoms with Crippen molar-refractivity contribution < 1.29 is 9.53 Å². The number of nitrogens with zero attached hydrogens (tertiary/aromatic N) is 2. The van der Waals surface area contributed by atoms with Gasteiger partial charge in [-0.3, -0.25) is 0 Å². The van der Waals surface area contributed by atoms with Crippen molar-refractivity contribution in [3.05, 3.63) is 34.4 Å². The predicted octanol–water partition coefficient (Wildman–Crippen LogP) is 2.78. The van der Waals surface area contributed by atoms with Crippen LogP contribution in [0.15, 0.2) is 24.5 Å². The lowest BCUT2D eigenvalue weighted by molar-refractivity contribution is 0.251.